The molecule has 24 nitrogen and oxygen atoms in total. The van der Waals surface area contributed by atoms with Gasteiger partial charge >= 0.3 is 0 Å². The van der Waals surface area contributed by atoms with Crippen LogP contribution in [0.1, 0.15) is 150 Å². The lowest BCUT2D eigenvalue weighted by molar-refractivity contribution is -0.152. The van der Waals surface area contributed by atoms with E-state index in [-0.39, 0.29) is 55.8 Å². The molecule has 0 aromatic rings. The van der Waals surface area contributed by atoms with E-state index in [1.165, 1.54) is 77.8 Å². The molecule has 1 aliphatic heterocycles. The van der Waals surface area contributed by atoms with Crippen molar-refractivity contribution in [2.75, 3.05) is 48.8 Å². The van der Waals surface area contributed by atoms with Gasteiger partial charge in [-0.2, -0.15) is 0 Å². The Balaban J connectivity index is 4.31. The number of aliphatic hydroxyl groups excluding tert-OH is 2. The van der Waals surface area contributed by atoms with Crippen LogP contribution in [-0.2, 0) is 52.7 Å². The van der Waals surface area contributed by atoms with Crippen molar-refractivity contribution in [1.29, 1.82) is 0 Å². The summed E-state index contributed by atoms with van der Waals surface area (Å²) in [6, 6.07) is -13.2. The van der Waals surface area contributed by atoms with Crippen LogP contribution in [0, 0.1) is 41.4 Å². The van der Waals surface area contributed by atoms with Crippen molar-refractivity contribution >= 4 is 65.0 Å². The third-order valence-electron chi connectivity index (χ3n) is 15.7. The highest BCUT2D eigenvalue weighted by atomic mass is 16.3. The second-order valence-electron chi connectivity index (χ2n) is 25.9. The van der Waals surface area contributed by atoms with Crippen molar-refractivity contribution in [2.24, 2.45) is 41.4 Å². The summed E-state index contributed by atoms with van der Waals surface area (Å²) in [6.07, 6.45) is 1.08. The molecule has 0 unspecified atom stereocenters. The quantitative estimate of drug-likeness (QED) is 0.116. The van der Waals surface area contributed by atoms with Gasteiger partial charge in [-0.25, -0.2) is 0 Å². The monoisotopic (exact) mass is 1200 g/mol. The summed E-state index contributed by atoms with van der Waals surface area (Å²) in [5.74, 6) is -10.8. The zero-order valence-electron chi connectivity index (χ0n) is 55.4. The molecular formula is C61H109N11O13. The molecule has 0 saturated carbocycles. The van der Waals surface area contributed by atoms with Crippen molar-refractivity contribution in [3.8, 4) is 0 Å². The van der Waals surface area contributed by atoms with E-state index >= 15 is 0 Å². The number of aliphatic hydroxyl groups is 2. The third-order valence-corrected chi connectivity index (χ3v) is 15.7. The fraction of sp³-hybridized carbons (Fsp3) is 0.787. The summed E-state index contributed by atoms with van der Waals surface area (Å²) in [6.45, 7) is 28.3. The summed E-state index contributed by atoms with van der Waals surface area (Å²) in [5, 5.41) is 36.7. The molecule has 13 atom stereocenters. The smallest absolute Gasteiger partial charge is 0.248 e. The number of nitrogens with zero attached hydrogens (tertiary/aromatic N) is 6. The highest BCUT2D eigenvalue weighted by Crippen LogP contribution is 2.24. The van der Waals surface area contributed by atoms with Crippen molar-refractivity contribution < 1.29 is 63.0 Å². The first-order valence-corrected chi connectivity index (χ1v) is 30.2. The fourth-order valence-corrected chi connectivity index (χ4v) is 10.2. The first-order valence-electron chi connectivity index (χ1n) is 30.2. The SMILES string of the molecule is C/C=C/C[C@@H](C)[C@@H](O)[C@H]1C(=O)N[C@@H]([C@@H](C)O)C(=O)N(C)CC(=O)N(C)[C@@H](CC(C)C)C(=O)N[C@@H](C(C)C)C(=O)N(C)[C@@H](CC(C)C)C(=O)N[C@@H](C)C(=O)N[C@H](C)C(=O)N(C)[C@H](CC(C)C)C(=O)N(C)[C@@H](CC(C)C)C(=O)N[C@@H](C(C)C)C(=O)N1C. The summed E-state index contributed by atoms with van der Waals surface area (Å²) < 4.78 is 0. The molecule has 1 rings (SSSR count). The van der Waals surface area contributed by atoms with E-state index in [0.29, 0.717) is 0 Å². The van der Waals surface area contributed by atoms with Gasteiger partial charge in [0.05, 0.1) is 18.8 Å². The Hall–Kier alpha value is -6.17. The lowest BCUT2D eigenvalue weighted by atomic mass is 9.91. The molecule has 1 heterocycles. The molecule has 11 amide bonds. The molecule has 1 fully saturated rings. The minimum Gasteiger partial charge on any atom is -0.391 e. The van der Waals surface area contributed by atoms with Gasteiger partial charge in [-0.05, 0) is 101 Å². The number of nitrogens with one attached hydrogen (secondary N) is 5. The van der Waals surface area contributed by atoms with Crippen molar-refractivity contribution in [2.45, 2.75) is 222 Å². The number of hydrogen-bond acceptors (Lipinski definition) is 13. The van der Waals surface area contributed by atoms with Crippen molar-refractivity contribution in [3.05, 3.63) is 12.2 Å². The maximum absolute atomic E-state index is 14.9. The molecular weight excluding hydrogens is 1090 g/mol. The lowest BCUT2D eigenvalue weighted by Gasteiger charge is -2.39. The third kappa shape index (κ3) is 22.2. The molecule has 85 heavy (non-hydrogen) atoms. The molecule has 1 saturated heterocycles. The largest absolute Gasteiger partial charge is 0.391 e. The Morgan fingerprint density at radius 3 is 1.21 bits per heavy atom. The molecule has 0 spiro atoms. The zero-order chi connectivity index (χ0) is 66.0. The Kier molecular flexibility index (Phi) is 31.5. The van der Waals surface area contributed by atoms with Crippen LogP contribution < -0.4 is 26.6 Å². The lowest BCUT2D eigenvalue weighted by Crippen LogP contribution is -2.64. The van der Waals surface area contributed by atoms with Crippen LogP contribution in [-0.4, -0.2) is 226 Å². The van der Waals surface area contributed by atoms with E-state index in [1.807, 2.05) is 55.4 Å². The van der Waals surface area contributed by atoms with Crippen LogP contribution in [0.15, 0.2) is 12.2 Å². The Morgan fingerprint density at radius 2 is 0.800 bits per heavy atom. The minimum absolute atomic E-state index is 0.107. The van der Waals surface area contributed by atoms with Crippen LogP contribution in [0.5, 0.6) is 0 Å². The van der Waals surface area contributed by atoms with Gasteiger partial charge in [-0.3, -0.25) is 52.7 Å². The predicted octanol–water partition coefficient (Wildman–Crippen LogP) is 1.90. The first kappa shape index (κ1) is 76.8. The first-order chi connectivity index (χ1) is 39.2. The number of likely N-dealkylation sites (N-methyl/N-ethyl adjacent to an activating group) is 6. The normalized spacial score (nSPS) is 27.2. The second-order valence-corrected chi connectivity index (χ2v) is 25.9. The summed E-state index contributed by atoms with van der Waals surface area (Å²) in [5.41, 5.74) is 0. The molecule has 0 aliphatic carbocycles. The van der Waals surface area contributed by atoms with E-state index in [2.05, 4.69) is 26.6 Å². The van der Waals surface area contributed by atoms with Gasteiger partial charge in [-0.15, -0.1) is 0 Å². The van der Waals surface area contributed by atoms with E-state index < -0.39 is 162 Å². The maximum atomic E-state index is 14.9. The van der Waals surface area contributed by atoms with Gasteiger partial charge < -0.3 is 66.2 Å². The molecule has 0 aromatic carbocycles. The van der Waals surface area contributed by atoms with Gasteiger partial charge in [0.15, 0.2) is 0 Å². The molecule has 1 aliphatic rings. The van der Waals surface area contributed by atoms with Crippen LogP contribution in [0.4, 0.5) is 0 Å². The van der Waals surface area contributed by atoms with Gasteiger partial charge in [0.2, 0.25) is 65.0 Å². The zero-order valence-corrected chi connectivity index (χ0v) is 55.4. The average molecular weight is 1200 g/mol. The number of carbonyl (C=O) groups excluding carboxylic acids is 11. The highest BCUT2D eigenvalue weighted by molar-refractivity contribution is 5.99. The maximum Gasteiger partial charge on any atom is 0.248 e. The standard InChI is InChI=1S/C61H109N11O13/c1-24-25-26-38(14)51(75)50-56(80)66-49(41(17)73)59(83)67(18)31-46(74)68(19)42(27-32(2)3)54(78)64-47(36(10)11)60(84)70(21)43(28-33(4)5)53(77)62-39(15)52(76)63-40(16)57(81)71(22)45(30-35(8)9)58(82)69(20)44(29-34(6)7)55(79)65-48(37(12)13)61(85)72(50)23/h24-25,32-45,47-51,73,75H,26-31H2,1-23H3,(H,62,77)(H,63,76)(H,64,78)(H,65,79)(H,66,80)/b25-24+/t38-,39+,40-,41-,42+,43+,44+,45-,47+,48+,49+,50+,51-/m1/s1. The Labute approximate surface area is 507 Å². The van der Waals surface area contributed by atoms with Gasteiger partial charge in [0.1, 0.15) is 60.4 Å². The van der Waals surface area contributed by atoms with Gasteiger partial charge in [0.25, 0.3) is 0 Å². The average Bonchev–Trinajstić information content (AvgIpc) is 3.60. The minimum atomic E-state index is -1.74. The summed E-state index contributed by atoms with van der Waals surface area (Å²) in [7, 11) is 8.16. The number of hydrogen-bond donors (Lipinski definition) is 7. The topological polar surface area (TPSA) is 308 Å². The van der Waals surface area contributed by atoms with Crippen LogP contribution in [0.25, 0.3) is 0 Å². The predicted molar refractivity (Wildman–Crippen MR) is 325 cm³/mol. The summed E-state index contributed by atoms with van der Waals surface area (Å²) >= 11 is 0. The number of allylic oxidation sites excluding steroid dienone is 2. The molecule has 7 N–H and O–H groups in total. The number of rotatable bonds is 15. The highest BCUT2D eigenvalue weighted by Gasteiger charge is 2.45. The van der Waals surface area contributed by atoms with E-state index in [9.17, 15) is 63.0 Å². The molecule has 0 radical (unpaired) electrons. The fourth-order valence-electron chi connectivity index (χ4n) is 10.2. The van der Waals surface area contributed by atoms with Gasteiger partial charge in [0, 0.05) is 42.3 Å². The summed E-state index contributed by atoms with van der Waals surface area (Å²) in [4.78, 5) is 166. The van der Waals surface area contributed by atoms with E-state index in [4.69, 9.17) is 0 Å². The molecule has 486 valence electrons. The Bertz CT molecular complexity index is 2330. The van der Waals surface area contributed by atoms with E-state index in [1.54, 1.807) is 53.7 Å². The van der Waals surface area contributed by atoms with Crippen molar-refractivity contribution in [1.82, 2.24) is 56.0 Å². The number of amides is 11. The Morgan fingerprint density at radius 1 is 0.435 bits per heavy atom. The van der Waals surface area contributed by atoms with Crippen LogP contribution >= 0.6 is 0 Å². The number of carbonyl (C=O) groups is 11. The molecule has 0 bridgehead atoms. The van der Waals surface area contributed by atoms with E-state index in [0.717, 1.165) is 14.7 Å². The second kappa shape index (κ2) is 34.8. The van der Waals surface area contributed by atoms with Crippen molar-refractivity contribution in [3.63, 3.8) is 0 Å². The van der Waals surface area contributed by atoms with Crippen LogP contribution in [0.3, 0.4) is 0 Å². The van der Waals surface area contributed by atoms with Gasteiger partial charge in [-0.1, -0.05) is 102 Å². The molecule has 0 aromatic heterocycles. The van der Waals surface area contributed by atoms with Crippen LogP contribution in [0.2, 0.25) is 0 Å². The molecule has 24 heteroatoms.